The highest BCUT2D eigenvalue weighted by Crippen LogP contribution is 2.09. The van der Waals surface area contributed by atoms with Gasteiger partial charge in [-0.15, -0.1) is 0 Å². The van der Waals surface area contributed by atoms with Crippen molar-refractivity contribution in [1.29, 1.82) is 0 Å². The molecule has 7 heteroatoms. The van der Waals surface area contributed by atoms with Gasteiger partial charge in [-0.1, -0.05) is 12.1 Å². The Labute approximate surface area is 119 Å². The van der Waals surface area contributed by atoms with Gasteiger partial charge < -0.3 is 5.32 Å². The van der Waals surface area contributed by atoms with Crippen molar-refractivity contribution in [3.05, 3.63) is 52.6 Å². The summed E-state index contributed by atoms with van der Waals surface area (Å²) in [6, 6.07) is 7.04. The summed E-state index contributed by atoms with van der Waals surface area (Å²) in [7, 11) is 3.44. The van der Waals surface area contributed by atoms with Gasteiger partial charge in [-0.2, -0.15) is 10.2 Å². The van der Waals surface area contributed by atoms with Gasteiger partial charge in [-0.05, 0) is 12.1 Å². The SMILES string of the molecule is Cn1cc(NC(=O)c2nn(C)c3ccccc3c2=O)cn1. The van der Waals surface area contributed by atoms with Gasteiger partial charge >= 0.3 is 0 Å². The van der Waals surface area contributed by atoms with Crippen molar-refractivity contribution in [2.45, 2.75) is 0 Å². The van der Waals surface area contributed by atoms with E-state index < -0.39 is 5.91 Å². The summed E-state index contributed by atoms with van der Waals surface area (Å²) >= 11 is 0. The van der Waals surface area contributed by atoms with Gasteiger partial charge in [0.15, 0.2) is 5.69 Å². The largest absolute Gasteiger partial charge is 0.318 e. The van der Waals surface area contributed by atoms with E-state index in [4.69, 9.17) is 0 Å². The number of hydrogen-bond acceptors (Lipinski definition) is 4. The molecule has 7 nitrogen and oxygen atoms in total. The van der Waals surface area contributed by atoms with Gasteiger partial charge in [0.1, 0.15) is 0 Å². The third-order valence-electron chi connectivity index (χ3n) is 3.14. The first-order chi connectivity index (χ1) is 10.1. The van der Waals surface area contributed by atoms with E-state index >= 15 is 0 Å². The number of amides is 1. The number of para-hydroxylation sites is 1. The maximum atomic E-state index is 12.4. The molecule has 1 N–H and O–H groups in total. The van der Waals surface area contributed by atoms with Gasteiger partial charge in [0.25, 0.3) is 5.91 Å². The van der Waals surface area contributed by atoms with Crippen LogP contribution in [0.4, 0.5) is 5.69 Å². The van der Waals surface area contributed by atoms with Crippen molar-refractivity contribution in [2.24, 2.45) is 14.1 Å². The Kier molecular flexibility index (Phi) is 3.02. The third kappa shape index (κ3) is 2.29. The zero-order chi connectivity index (χ0) is 15.0. The highest BCUT2D eigenvalue weighted by atomic mass is 16.2. The van der Waals surface area contributed by atoms with Crippen LogP contribution in [0.1, 0.15) is 10.5 Å². The molecule has 2 heterocycles. The number of rotatable bonds is 2. The van der Waals surface area contributed by atoms with Crippen molar-refractivity contribution < 1.29 is 4.79 Å². The molecule has 0 spiro atoms. The lowest BCUT2D eigenvalue weighted by Gasteiger charge is -2.07. The minimum atomic E-state index is -0.547. The summed E-state index contributed by atoms with van der Waals surface area (Å²) in [5.74, 6) is -0.547. The van der Waals surface area contributed by atoms with Crippen molar-refractivity contribution in [3.8, 4) is 0 Å². The Morgan fingerprint density at radius 3 is 2.71 bits per heavy atom. The lowest BCUT2D eigenvalue weighted by Crippen LogP contribution is -2.26. The molecule has 0 aliphatic carbocycles. The number of hydrogen-bond donors (Lipinski definition) is 1. The predicted octanol–water partition coefficient (Wildman–Crippen LogP) is 0.919. The van der Waals surface area contributed by atoms with E-state index in [2.05, 4.69) is 15.5 Å². The number of anilines is 1. The maximum absolute atomic E-state index is 12.4. The van der Waals surface area contributed by atoms with Crippen molar-refractivity contribution in [2.75, 3.05) is 5.32 Å². The Morgan fingerprint density at radius 2 is 2.00 bits per heavy atom. The Bertz CT molecular complexity index is 894. The monoisotopic (exact) mass is 283 g/mol. The van der Waals surface area contributed by atoms with E-state index in [0.717, 1.165) is 0 Å². The molecule has 1 aromatic carbocycles. The normalized spacial score (nSPS) is 10.8. The van der Waals surface area contributed by atoms with Crippen LogP contribution in [0.25, 0.3) is 10.9 Å². The number of nitrogens with zero attached hydrogens (tertiary/aromatic N) is 4. The molecule has 0 aliphatic rings. The van der Waals surface area contributed by atoms with Crippen LogP contribution < -0.4 is 10.7 Å². The lowest BCUT2D eigenvalue weighted by atomic mass is 10.2. The zero-order valence-corrected chi connectivity index (χ0v) is 11.6. The number of aromatic nitrogens is 4. The average molecular weight is 283 g/mol. The fourth-order valence-electron chi connectivity index (χ4n) is 2.15. The van der Waals surface area contributed by atoms with Crippen LogP contribution in [0.2, 0.25) is 0 Å². The van der Waals surface area contributed by atoms with Gasteiger partial charge in [0, 0.05) is 25.7 Å². The Hall–Kier alpha value is -2.96. The van der Waals surface area contributed by atoms with Gasteiger partial charge in [-0.3, -0.25) is 19.0 Å². The predicted molar refractivity (Wildman–Crippen MR) is 78.1 cm³/mol. The molecule has 106 valence electrons. The number of carbonyl (C=O) groups excluding carboxylic acids is 1. The summed E-state index contributed by atoms with van der Waals surface area (Å²) in [6.07, 6.45) is 3.15. The highest BCUT2D eigenvalue weighted by Gasteiger charge is 2.16. The minimum absolute atomic E-state index is 0.139. The molecule has 0 unspecified atom stereocenters. The van der Waals surface area contributed by atoms with E-state index in [0.29, 0.717) is 16.6 Å². The smallest absolute Gasteiger partial charge is 0.280 e. The van der Waals surface area contributed by atoms with Gasteiger partial charge in [0.2, 0.25) is 5.43 Å². The summed E-state index contributed by atoms with van der Waals surface area (Å²) in [5.41, 5.74) is 0.671. The molecule has 0 saturated heterocycles. The first-order valence-electron chi connectivity index (χ1n) is 6.32. The van der Waals surface area contributed by atoms with Crippen molar-refractivity contribution in [3.63, 3.8) is 0 Å². The summed E-state index contributed by atoms with van der Waals surface area (Å²) in [5, 5.41) is 11.1. The number of aryl methyl sites for hydroxylation is 2. The van der Waals surface area contributed by atoms with E-state index in [1.165, 1.54) is 10.9 Å². The molecule has 0 fully saturated rings. The lowest BCUT2D eigenvalue weighted by molar-refractivity contribution is 0.101. The zero-order valence-electron chi connectivity index (χ0n) is 11.6. The number of fused-ring (bicyclic) bond motifs is 1. The number of carbonyl (C=O) groups is 1. The topological polar surface area (TPSA) is 81.8 Å². The van der Waals surface area contributed by atoms with Crippen LogP contribution in [0.15, 0.2) is 41.5 Å². The maximum Gasteiger partial charge on any atom is 0.280 e. The molecule has 0 aliphatic heterocycles. The molecule has 1 amide bonds. The quantitative estimate of drug-likeness (QED) is 0.758. The standard InChI is InChI=1S/C14H13N5O2/c1-18-8-9(7-15-18)16-14(21)12-13(20)10-5-3-4-6-11(10)19(2)17-12/h3-8H,1-2H3,(H,16,21). The van der Waals surface area contributed by atoms with Gasteiger partial charge in [-0.25, -0.2) is 0 Å². The number of benzene rings is 1. The van der Waals surface area contributed by atoms with Gasteiger partial charge in [0.05, 0.1) is 17.4 Å². The minimum Gasteiger partial charge on any atom is -0.318 e. The van der Waals surface area contributed by atoms with Crippen LogP contribution in [0.3, 0.4) is 0 Å². The fourth-order valence-corrected chi connectivity index (χ4v) is 2.15. The second kappa shape index (κ2) is 4.86. The Balaban J connectivity index is 2.06. The number of nitrogens with one attached hydrogen (secondary N) is 1. The summed E-state index contributed by atoms with van der Waals surface area (Å²) in [6.45, 7) is 0. The molecular weight excluding hydrogens is 270 g/mol. The molecule has 2 aromatic heterocycles. The van der Waals surface area contributed by atoms with Crippen LogP contribution in [-0.2, 0) is 14.1 Å². The molecular formula is C14H13N5O2. The molecule has 21 heavy (non-hydrogen) atoms. The second-order valence-corrected chi connectivity index (χ2v) is 4.68. The summed E-state index contributed by atoms with van der Waals surface area (Å²) < 4.78 is 3.08. The molecule has 0 saturated carbocycles. The Morgan fingerprint density at radius 1 is 1.24 bits per heavy atom. The average Bonchev–Trinajstić information content (AvgIpc) is 2.88. The second-order valence-electron chi connectivity index (χ2n) is 4.68. The van der Waals surface area contributed by atoms with Crippen molar-refractivity contribution >= 4 is 22.5 Å². The first kappa shape index (κ1) is 13.0. The molecule has 0 radical (unpaired) electrons. The van der Waals surface area contributed by atoms with E-state index in [-0.39, 0.29) is 11.1 Å². The van der Waals surface area contributed by atoms with E-state index in [9.17, 15) is 9.59 Å². The molecule has 0 atom stereocenters. The summed E-state index contributed by atoms with van der Waals surface area (Å²) in [4.78, 5) is 24.6. The first-order valence-corrected chi connectivity index (χ1v) is 6.32. The molecule has 3 rings (SSSR count). The van der Waals surface area contributed by atoms with Crippen molar-refractivity contribution in [1.82, 2.24) is 19.6 Å². The highest BCUT2D eigenvalue weighted by molar-refractivity contribution is 6.04. The van der Waals surface area contributed by atoms with E-state index in [1.807, 2.05) is 6.07 Å². The molecule has 3 aromatic rings. The van der Waals surface area contributed by atoms with Crippen LogP contribution >= 0.6 is 0 Å². The van der Waals surface area contributed by atoms with Crippen LogP contribution in [-0.4, -0.2) is 25.5 Å². The molecule has 0 bridgehead atoms. The third-order valence-corrected chi connectivity index (χ3v) is 3.14. The van der Waals surface area contributed by atoms with E-state index in [1.54, 1.807) is 43.2 Å². The van der Waals surface area contributed by atoms with Crippen LogP contribution in [0.5, 0.6) is 0 Å². The fraction of sp³-hybridized carbons (Fsp3) is 0.143. The van der Waals surface area contributed by atoms with Crippen LogP contribution in [0, 0.1) is 0 Å².